The second kappa shape index (κ2) is 4.90. The van der Waals surface area contributed by atoms with E-state index < -0.39 is 0 Å². The summed E-state index contributed by atoms with van der Waals surface area (Å²) in [5.41, 5.74) is 3.32. The van der Waals surface area contributed by atoms with Gasteiger partial charge in [0, 0.05) is 31.0 Å². The highest BCUT2D eigenvalue weighted by Crippen LogP contribution is 2.18. The van der Waals surface area contributed by atoms with Crippen LogP contribution in [-0.2, 0) is 13.1 Å². The Hall–Kier alpha value is -1.68. The second-order valence-electron chi connectivity index (χ2n) is 3.60. The SMILES string of the molecule is CCn1nc(-c2ccncc2)cc1CNC. The lowest BCUT2D eigenvalue weighted by Gasteiger charge is -2.01. The van der Waals surface area contributed by atoms with E-state index in [1.54, 1.807) is 12.4 Å². The Morgan fingerprint density at radius 2 is 2.06 bits per heavy atom. The topological polar surface area (TPSA) is 42.7 Å². The fraction of sp³-hybridized carbons (Fsp3) is 0.333. The first-order valence-corrected chi connectivity index (χ1v) is 5.47. The molecule has 4 nitrogen and oxygen atoms in total. The summed E-state index contributed by atoms with van der Waals surface area (Å²) < 4.78 is 2.02. The number of hydrogen-bond acceptors (Lipinski definition) is 3. The van der Waals surface area contributed by atoms with Gasteiger partial charge in [-0.05, 0) is 32.2 Å². The lowest BCUT2D eigenvalue weighted by molar-refractivity contribution is 0.604. The van der Waals surface area contributed by atoms with E-state index in [0.717, 1.165) is 24.3 Å². The van der Waals surface area contributed by atoms with E-state index in [0.29, 0.717) is 0 Å². The van der Waals surface area contributed by atoms with Crippen LogP contribution in [0.4, 0.5) is 0 Å². The van der Waals surface area contributed by atoms with Crippen LogP contribution in [-0.4, -0.2) is 21.8 Å². The molecule has 0 amide bonds. The van der Waals surface area contributed by atoms with E-state index in [-0.39, 0.29) is 0 Å². The zero-order valence-electron chi connectivity index (χ0n) is 9.64. The van der Waals surface area contributed by atoms with Crippen LogP contribution in [0.1, 0.15) is 12.6 Å². The fourth-order valence-corrected chi connectivity index (χ4v) is 1.72. The molecule has 84 valence electrons. The summed E-state index contributed by atoms with van der Waals surface area (Å²) in [6.45, 7) is 3.83. The number of nitrogens with zero attached hydrogens (tertiary/aromatic N) is 3. The van der Waals surface area contributed by atoms with E-state index in [4.69, 9.17) is 0 Å². The van der Waals surface area contributed by atoms with Gasteiger partial charge in [0.05, 0.1) is 11.4 Å². The van der Waals surface area contributed by atoms with Crippen LogP contribution in [0.3, 0.4) is 0 Å². The molecule has 0 aliphatic heterocycles. The summed E-state index contributed by atoms with van der Waals surface area (Å²) in [5, 5.41) is 7.72. The van der Waals surface area contributed by atoms with Crippen molar-refractivity contribution in [2.24, 2.45) is 0 Å². The maximum absolute atomic E-state index is 4.57. The molecule has 2 heterocycles. The molecule has 0 bridgehead atoms. The van der Waals surface area contributed by atoms with Gasteiger partial charge in [-0.3, -0.25) is 9.67 Å². The highest BCUT2D eigenvalue weighted by atomic mass is 15.3. The minimum absolute atomic E-state index is 0.839. The Bertz CT molecular complexity index is 447. The smallest absolute Gasteiger partial charge is 0.0927 e. The van der Waals surface area contributed by atoms with Crippen molar-refractivity contribution < 1.29 is 0 Å². The molecule has 0 unspecified atom stereocenters. The Labute approximate surface area is 95.3 Å². The van der Waals surface area contributed by atoms with Crippen LogP contribution in [0.5, 0.6) is 0 Å². The van der Waals surface area contributed by atoms with Crippen molar-refractivity contribution in [3.05, 3.63) is 36.3 Å². The molecule has 0 fully saturated rings. The molecule has 4 heteroatoms. The molecule has 0 aliphatic rings. The Kier molecular flexibility index (Phi) is 3.31. The van der Waals surface area contributed by atoms with Gasteiger partial charge in [-0.2, -0.15) is 5.10 Å². The summed E-state index contributed by atoms with van der Waals surface area (Å²) in [4.78, 5) is 4.01. The predicted molar refractivity (Wildman–Crippen MR) is 63.9 cm³/mol. The van der Waals surface area contributed by atoms with Gasteiger partial charge >= 0.3 is 0 Å². The van der Waals surface area contributed by atoms with Crippen molar-refractivity contribution >= 4 is 0 Å². The van der Waals surface area contributed by atoms with Gasteiger partial charge in [-0.15, -0.1) is 0 Å². The molecule has 0 radical (unpaired) electrons. The first-order valence-electron chi connectivity index (χ1n) is 5.47. The van der Waals surface area contributed by atoms with Crippen LogP contribution < -0.4 is 5.32 Å². The molecular weight excluding hydrogens is 200 g/mol. The number of aromatic nitrogens is 3. The minimum Gasteiger partial charge on any atom is -0.314 e. The van der Waals surface area contributed by atoms with Crippen molar-refractivity contribution in [1.82, 2.24) is 20.1 Å². The number of pyridine rings is 1. The van der Waals surface area contributed by atoms with E-state index in [9.17, 15) is 0 Å². The summed E-state index contributed by atoms with van der Waals surface area (Å²) in [7, 11) is 1.94. The van der Waals surface area contributed by atoms with E-state index in [2.05, 4.69) is 28.4 Å². The van der Waals surface area contributed by atoms with Gasteiger partial charge in [-0.25, -0.2) is 0 Å². The average molecular weight is 216 g/mol. The number of nitrogens with one attached hydrogen (secondary N) is 1. The van der Waals surface area contributed by atoms with Crippen molar-refractivity contribution in [3.63, 3.8) is 0 Å². The van der Waals surface area contributed by atoms with Crippen molar-refractivity contribution in [2.75, 3.05) is 7.05 Å². The molecule has 1 N–H and O–H groups in total. The Morgan fingerprint density at radius 1 is 1.31 bits per heavy atom. The van der Waals surface area contributed by atoms with Crippen LogP contribution in [0.15, 0.2) is 30.6 Å². The summed E-state index contributed by atoms with van der Waals surface area (Å²) in [5.74, 6) is 0. The lowest BCUT2D eigenvalue weighted by atomic mass is 10.2. The van der Waals surface area contributed by atoms with Gasteiger partial charge < -0.3 is 5.32 Å². The summed E-state index contributed by atoms with van der Waals surface area (Å²) in [6, 6.07) is 6.08. The highest BCUT2D eigenvalue weighted by molar-refractivity contribution is 5.58. The molecule has 0 spiro atoms. The predicted octanol–water partition coefficient (Wildman–Crippen LogP) is 1.68. The van der Waals surface area contributed by atoms with Crippen LogP contribution in [0.25, 0.3) is 11.3 Å². The molecule has 0 aromatic carbocycles. The zero-order chi connectivity index (χ0) is 11.4. The third-order valence-electron chi connectivity index (χ3n) is 2.50. The molecule has 2 rings (SSSR count). The van der Waals surface area contributed by atoms with Crippen molar-refractivity contribution in [1.29, 1.82) is 0 Å². The maximum atomic E-state index is 4.57. The lowest BCUT2D eigenvalue weighted by Crippen LogP contribution is -2.11. The number of hydrogen-bond donors (Lipinski definition) is 1. The standard InChI is InChI=1S/C12H16N4/c1-3-16-11(9-13-2)8-12(15-16)10-4-6-14-7-5-10/h4-8,13H,3,9H2,1-2H3. The third-order valence-corrected chi connectivity index (χ3v) is 2.50. The monoisotopic (exact) mass is 216 g/mol. The molecule has 0 atom stereocenters. The molecule has 0 saturated carbocycles. The van der Waals surface area contributed by atoms with Crippen molar-refractivity contribution in [2.45, 2.75) is 20.0 Å². The Morgan fingerprint density at radius 3 is 2.69 bits per heavy atom. The van der Waals surface area contributed by atoms with Crippen LogP contribution >= 0.6 is 0 Å². The van der Waals surface area contributed by atoms with E-state index in [1.807, 2.05) is 23.9 Å². The van der Waals surface area contributed by atoms with E-state index in [1.165, 1.54) is 5.69 Å². The van der Waals surface area contributed by atoms with Crippen LogP contribution in [0.2, 0.25) is 0 Å². The second-order valence-corrected chi connectivity index (χ2v) is 3.60. The van der Waals surface area contributed by atoms with Gasteiger partial charge in [0.1, 0.15) is 0 Å². The average Bonchev–Trinajstić information content (AvgIpc) is 2.74. The number of aryl methyl sites for hydroxylation is 1. The van der Waals surface area contributed by atoms with Gasteiger partial charge in [0.15, 0.2) is 0 Å². The highest BCUT2D eigenvalue weighted by Gasteiger charge is 2.07. The molecule has 2 aromatic rings. The summed E-state index contributed by atoms with van der Waals surface area (Å²) >= 11 is 0. The van der Waals surface area contributed by atoms with Crippen molar-refractivity contribution in [3.8, 4) is 11.3 Å². The summed E-state index contributed by atoms with van der Waals surface area (Å²) in [6.07, 6.45) is 3.58. The first kappa shape index (κ1) is 10.8. The molecule has 2 aromatic heterocycles. The minimum atomic E-state index is 0.839. The molecule has 0 saturated heterocycles. The zero-order valence-corrected chi connectivity index (χ0v) is 9.64. The molecular formula is C12H16N4. The maximum Gasteiger partial charge on any atom is 0.0927 e. The third kappa shape index (κ3) is 2.12. The Balaban J connectivity index is 2.36. The number of rotatable bonds is 4. The quantitative estimate of drug-likeness (QED) is 0.845. The van der Waals surface area contributed by atoms with Gasteiger partial charge in [0.2, 0.25) is 0 Å². The van der Waals surface area contributed by atoms with Crippen LogP contribution in [0, 0.1) is 0 Å². The normalized spacial score (nSPS) is 10.6. The van der Waals surface area contributed by atoms with E-state index >= 15 is 0 Å². The van der Waals surface area contributed by atoms with Gasteiger partial charge in [-0.1, -0.05) is 0 Å². The first-order chi connectivity index (χ1) is 7.85. The molecule has 16 heavy (non-hydrogen) atoms. The fourth-order valence-electron chi connectivity index (χ4n) is 1.72. The molecule has 0 aliphatic carbocycles. The van der Waals surface area contributed by atoms with Gasteiger partial charge in [0.25, 0.3) is 0 Å². The largest absolute Gasteiger partial charge is 0.314 e.